The standard InChI is InChI=1S/C31H44N2O12/c1-18(34)32-23(28(39)43-12-4-5-13-45-33(41)42)15-26(38)44-17-25(37)31(40)11-9-22-21-7-6-19-14-20(35)8-10-29(19,2)27(21)24(36)16-30(22,31)3/h6,21-24,27,36,40H,4-5,7-17H2,1-3H3,(H,32,34)/t21-,22-,23?,24-,27+,29-,30-,31-/m0/s1. The summed E-state index contributed by atoms with van der Waals surface area (Å²) in [5.74, 6) is -3.09. The maximum Gasteiger partial charge on any atom is 0.329 e. The molecule has 45 heavy (non-hydrogen) atoms. The fourth-order valence-corrected chi connectivity index (χ4v) is 8.62. The van der Waals surface area contributed by atoms with Gasteiger partial charge < -0.3 is 29.8 Å². The van der Waals surface area contributed by atoms with Gasteiger partial charge in [-0.1, -0.05) is 25.5 Å². The summed E-state index contributed by atoms with van der Waals surface area (Å²) < 4.78 is 10.3. The molecule has 1 unspecified atom stereocenters. The molecule has 3 N–H and O–H groups in total. The van der Waals surface area contributed by atoms with Crippen LogP contribution in [0.15, 0.2) is 11.6 Å². The summed E-state index contributed by atoms with van der Waals surface area (Å²) in [7, 11) is 0. The molecule has 0 heterocycles. The van der Waals surface area contributed by atoms with Crippen molar-refractivity contribution in [2.45, 2.75) is 103 Å². The Labute approximate surface area is 261 Å². The van der Waals surface area contributed by atoms with E-state index in [4.69, 9.17) is 9.47 Å². The number of nitrogens with one attached hydrogen (secondary N) is 1. The van der Waals surface area contributed by atoms with Crippen LogP contribution < -0.4 is 5.32 Å². The molecule has 0 aromatic carbocycles. The molecule has 0 radical (unpaired) electrons. The Morgan fingerprint density at radius 3 is 2.56 bits per heavy atom. The van der Waals surface area contributed by atoms with Crippen LogP contribution in [0.4, 0.5) is 0 Å². The highest BCUT2D eigenvalue weighted by Gasteiger charge is 2.68. The van der Waals surface area contributed by atoms with Crippen LogP contribution in [0.1, 0.15) is 85.0 Å². The number of ether oxygens (including phenoxy) is 2. The first-order valence-corrected chi connectivity index (χ1v) is 15.6. The van der Waals surface area contributed by atoms with Gasteiger partial charge in [0.2, 0.25) is 11.7 Å². The van der Waals surface area contributed by atoms with Gasteiger partial charge in [0.25, 0.3) is 5.09 Å². The summed E-state index contributed by atoms with van der Waals surface area (Å²) in [6.45, 7) is 4.05. The Kier molecular flexibility index (Phi) is 10.4. The first kappa shape index (κ1) is 34.5. The lowest BCUT2D eigenvalue weighted by Gasteiger charge is -2.59. The van der Waals surface area contributed by atoms with Crippen molar-refractivity contribution < 1.29 is 53.6 Å². The molecule has 14 heteroatoms. The van der Waals surface area contributed by atoms with Gasteiger partial charge in [0.15, 0.2) is 6.61 Å². The molecule has 4 rings (SSSR count). The fourth-order valence-electron chi connectivity index (χ4n) is 8.62. The van der Waals surface area contributed by atoms with E-state index in [-0.39, 0.29) is 67.8 Å². The number of aliphatic hydroxyl groups excluding tert-OH is 1. The summed E-state index contributed by atoms with van der Waals surface area (Å²) in [5.41, 5.74) is -2.03. The molecule has 0 spiro atoms. The lowest BCUT2D eigenvalue weighted by Crippen LogP contribution is -2.62. The van der Waals surface area contributed by atoms with Crippen LogP contribution in [0.25, 0.3) is 0 Å². The number of unbranched alkanes of at least 4 members (excludes halogenated alkanes) is 1. The van der Waals surface area contributed by atoms with E-state index in [1.54, 1.807) is 0 Å². The zero-order valence-electron chi connectivity index (χ0n) is 26.1. The van der Waals surface area contributed by atoms with Crippen LogP contribution in [-0.2, 0) is 38.3 Å². The number of carbonyl (C=O) groups is 5. The first-order valence-electron chi connectivity index (χ1n) is 15.6. The van der Waals surface area contributed by atoms with Crippen molar-refractivity contribution in [1.82, 2.24) is 5.32 Å². The van der Waals surface area contributed by atoms with Crippen LogP contribution in [0.5, 0.6) is 0 Å². The molecule has 3 fully saturated rings. The number of fused-ring (bicyclic) bond motifs is 5. The Hall–Kier alpha value is -3.39. The molecular weight excluding hydrogens is 592 g/mol. The zero-order chi connectivity index (χ0) is 33.2. The Balaban J connectivity index is 1.35. The van der Waals surface area contributed by atoms with E-state index < -0.39 is 64.9 Å². The number of esters is 2. The van der Waals surface area contributed by atoms with Gasteiger partial charge in [0, 0.05) is 25.2 Å². The second-order valence-electron chi connectivity index (χ2n) is 13.5. The monoisotopic (exact) mass is 636 g/mol. The van der Waals surface area contributed by atoms with E-state index in [0.29, 0.717) is 32.1 Å². The van der Waals surface area contributed by atoms with Crippen molar-refractivity contribution in [2.24, 2.45) is 28.6 Å². The Bertz CT molecular complexity index is 1250. The lowest BCUT2D eigenvalue weighted by atomic mass is 9.46. The van der Waals surface area contributed by atoms with Crippen LogP contribution in [-0.4, -0.2) is 82.3 Å². The van der Waals surface area contributed by atoms with E-state index in [1.165, 1.54) is 0 Å². The highest BCUT2D eigenvalue weighted by Crippen LogP contribution is 2.67. The van der Waals surface area contributed by atoms with Crippen molar-refractivity contribution in [3.8, 4) is 0 Å². The molecule has 1 amide bonds. The topological polar surface area (TPSA) is 209 Å². The quantitative estimate of drug-likeness (QED) is 0.0869. The van der Waals surface area contributed by atoms with E-state index >= 15 is 0 Å². The summed E-state index contributed by atoms with van der Waals surface area (Å²) in [4.78, 5) is 76.8. The molecular formula is C31H44N2O12. The number of hydrogen-bond donors (Lipinski definition) is 3. The number of Topliss-reactive ketones (excluding diaryl/α,β-unsaturated/α-hetero) is 2. The molecule has 4 aliphatic rings. The molecule has 0 aromatic heterocycles. The van der Waals surface area contributed by atoms with Gasteiger partial charge in [0.1, 0.15) is 17.4 Å². The minimum absolute atomic E-state index is 0.0232. The first-order chi connectivity index (χ1) is 21.1. The fraction of sp³-hybridized carbons (Fsp3) is 0.774. The number of aliphatic hydroxyl groups is 2. The number of allylic oxidation sites excluding steroid dienone is 2. The number of nitrogens with zero attached hydrogens (tertiary/aromatic N) is 1. The van der Waals surface area contributed by atoms with Gasteiger partial charge in [-0.2, -0.15) is 0 Å². The largest absolute Gasteiger partial charge is 0.464 e. The third-order valence-corrected chi connectivity index (χ3v) is 10.9. The van der Waals surface area contributed by atoms with Gasteiger partial charge in [-0.15, -0.1) is 10.1 Å². The molecule has 4 aliphatic carbocycles. The summed E-state index contributed by atoms with van der Waals surface area (Å²) >= 11 is 0. The summed E-state index contributed by atoms with van der Waals surface area (Å²) in [6.07, 6.45) is 4.32. The smallest absolute Gasteiger partial charge is 0.329 e. The van der Waals surface area contributed by atoms with Crippen LogP contribution in [0.3, 0.4) is 0 Å². The maximum absolute atomic E-state index is 13.5. The predicted molar refractivity (Wildman–Crippen MR) is 154 cm³/mol. The third kappa shape index (κ3) is 6.91. The highest BCUT2D eigenvalue weighted by atomic mass is 16.9. The van der Waals surface area contributed by atoms with E-state index in [9.17, 15) is 44.3 Å². The predicted octanol–water partition coefficient (Wildman–Crippen LogP) is 1.76. The number of carbonyl (C=O) groups excluding carboxylic acids is 5. The molecule has 3 saturated carbocycles. The molecule has 14 nitrogen and oxygen atoms in total. The number of ketones is 2. The maximum atomic E-state index is 13.5. The molecule has 0 aliphatic heterocycles. The number of rotatable bonds is 13. The summed E-state index contributed by atoms with van der Waals surface area (Å²) in [5, 5.41) is 35.0. The normalized spacial score (nSPS) is 34.2. The van der Waals surface area contributed by atoms with E-state index in [0.717, 1.165) is 12.5 Å². The van der Waals surface area contributed by atoms with Crippen molar-refractivity contribution in [2.75, 3.05) is 19.8 Å². The van der Waals surface area contributed by atoms with Crippen LogP contribution >= 0.6 is 0 Å². The minimum Gasteiger partial charge on any atom is -0.464 e. The summed E-state index contributed by atoms with van der Waals surface area (Å²) in [6, 6.07) is -1.39. The van der Waals surface area contributed by atoms with Crippen molar-refractivity contribution in [1.29, 1.82) is 0 Å². The van der Waals surface area contributed by atoms with Crippen molar-refractivity contribution >= 4 is 29.4 Å². The van der Waals surface area contributed by atoms with Gasteiger partial charge in [-0.3, -0.25) is 19.2 Å². The third-order valence-electron chi connectivity index (χ3n) is 10.9. The molecule has 250 valence electrons. The minimum atomic E-state index is -1.84. The van der Waals surface area contributed by atoms with E-state index in [2.05, 4.69) is 23.2 Å². The molecule has 0 bridgehead atoms. The Morgan fingerprint density at radius 2 is 1.87 bits per heavy atom. The SMILES string of the molecule is CC(=O)NC(CC(=O)OCC(=O)[C@@]1(O)CC[C@H]2[C@@H]3CC=C4CC(=O)CC[C@]4(C)[C@H]3[C@@H](O)C[C@@]21C)C(=O)OCCCCO[N+](=O)[O-]. The molecule has 8 atom stereocenters. The Morgan fingerprint density at radius 1 is 1.16 bits per heavy atom. The number of amides is 1. The molecule has 0 aromatic rings. The van der Waals surface area contributed by atoms with Gasteiger partial charge in [-0.25, -0.2) is 4.79 Å². The van der Waals surface area contributed by atoms with Crippen LogP contribution in [0, 0.1) is 38.7 Å². The average Bonchev–Trinajstić information content (AvgIpc) is 3.23. The lowest BCUT2D eigenvalue weighted by molar-refractivity contribution is -0.757. The zero-order valence-corrected chi connectivity index (χ0v) is 26.1. The second-order valence-corrected chi connectivity index (χ2v) is 13.5. The number of hydrogen-bond acceptors (Lipinski definition) is 12. The average molecular weight is 637 g/mol. The highest BCUT2D eigenvalue weighted by molar-refractivity contribution is 5.92. The van der Waals surface area contributed by atoms with Gasteiger partial charge >= 0.3 is 11.9 Å². The van der Waals surface area contributed by atoms with E-state index in [1.807, 2.05) is 6.92 Å². The van der Waals surface area contributed by atoms with Gasteiger partial charge in [0.05, 0.1) is 25.7 Å². The second kappa shape index (κ2) is 13.5. The van der Waals surface area contributed by atoms with Crippen LogP contribution in [0.2, 0.25) is 0 Å². The molecule has 0 saturated heterocycles. The van der Waals surface area contributed by atoms with Crippen molar-refractivity contribution in [3.05, 3.63) is 21.8 Å². The van der Waals surface area contributed by atoms with Gasteiger partial charge in [-0.05, 0) is 68.1 Å². The van der Waals surface area contributed by atoms with Crippen molar-refractivity contribution in [3.63, 3.8) is 0 Å².